The Morgan fingerprint density at radius 3 is 2.50 bits per heavy atom. The van der Waals surface area contributed by atoms with E-state index in [0.717, 1.165) is 5.92 Å². The molecule has 1 aromatic carbocycles. The molecular weight excluding hydrogens is 284 g/mol. The number of aryl methyl sites for hydroxylation is 2. The molecule has 1 aromatic rings. The first-order chi connectivity index (χ1) is 8.42. The van der Waals surface area contributed by atoms with Crippen molar-refractivity contribution in [3.63, 3.8) is 0 Å². The first-order valence-electron chi connectivity index (χ1n) is 7.13. The molecule has 0 aliphatic heterocycles. The summed E-state index contributed by atoms with van der Waals surface area (Å²) >= 11 is 3.98. The molecule has 1 fully saturated rings. The van der Waals surface area contributed by atoms with Crippen LogP contribution in [-0.4, -0.2) is 0 Å². The predicted molar refractivity (Wildman–Crippen MR) is 83.3 cm³/mol. The zero-order valence-electron chi connectivity index (χ0n) is 12.1. The predicted octanol–water partition coefficient (Wildman–Crippen LogP) is 5.96. The second-order valence-corrected chi connectivity index (χ2v) is 7.57. The van der Waals surface area contributed by atoms with Crippen LogP contribution in [0, 0.1) is 25.2 Å². The summed E-state index contributed by atoms with van der Waals surface area (Å²) in [5, 5.41) is 0. The van der Waals surface area contributed by atoms with Gasteiger partial charge in [-0.3, -0.25) is 0 Å². The third-order valence-electron chi connectivity index (χ3n) is 4.79. The lowest BCUT2D eigenvalue weighted by Crippen LogP contribution is -2.30. The summed E-state index contributed by atoms with van der Waals surface area (Å²) in [5.74, 6) is 0.758. The van der Waals surface area contributed by atoms with Crippen LogP contribution in [0.4, 0.5) is 0 Å². The van der Waals surface area contributed by atoms with Gasteiger partial charge in [0.1, 0.15) is 0 Å². The van der Waals surface area contributed by atoms with E-state index in [1.54, 1.807) is 0 Å². The van der Waals surface area contributed by atoms with Crippen molar-refractivity contribution in [2.75, 3.05) is 0 Å². The average Bonchev–Trinajstić information content (AvgIpc) is 2.31. The van der Waals surface area contributed by atoms with Gasteiger partial charge in [-0.2, -0.15) is 0 Å². The van der Waals surface area contributed by atoms with E-state index in [1.807, 2.05) is 0 Å². The van der Waals surface area contributed by atoms with Crippen LogP contribution in [0.3, 0.4) is 0 Å². The molecule has 0 saturated heterocycles. The van der Waals surface area contributed by atoms with Crippen molar-refractivity contribution in [2.24, 2.45) is 11.3 Å². The van der Waals surface area contributed by atoms with E-state index in [0.29, 0.717) is 10.2 Å². The highest BCUT2D eigenvalue weighted by Gasteiger charge is 2.37. The van der Waals surface area contributed by atoms with E-state index in [4.69, 9.17) is 0 Å². The molecule has 0 nitrogen and oxygen atoms in total. The molecular formula is C17H25Br. The highest BCUT2D eigenvalue weighted by atomic mass is 79.9. The van der Waals surface area contributed by atoms with E-state index in [9.17, 15) is 0 Å². The van der Waals surface area contributed by atoms with Crippen molar-refractivity contribution in [3.05, 3.63) is 34.9 Å². The van der Waals surface area contributed by atoms with Crippen molar-refractivity contribution in [2.45, 2.75) is 58.2 Å². The largest absolute Gasteiger partial charge is 0.0836 e. The standard InChI is InChI=1S/C17H25Br/c1-12-8-9-14(11-13(12)2)16(18)15-7-5-6-10-17(15,3)4/h8-9,11,15-16H,5-7,10H2,1-4H3. The lowest BCUT2D eigenvalue weighted by atomic mass is 9.66. The Labute approximate surface area is 120 Å². The molecule has 0 radical (unpaired) electrons. The molecule has 18 heavy (non-hydrogen) atoms. The van der Waals surface area contributed by atoms with Crippen LogP contribution in [0.25, 0.3) is 0 Å². The Balaban J connectivity index is 2.24. The number of hydrogen-bond donors (Lipinski definition) is 0. The maximum Gasteiger partial charge on any atom is 0.0428 e. The molecule has 0 spiro atoms. The van der Waals surface area contributed by atoms with Gasteiger partial charge in [-0.05, 0) is 54.7 Å². The van der Waals surface area contributed by atoms with Gasteiger partial charge in [0.15, 0.2) is 0 Å². The van der Waals surface area contributed by atoms with Crippen LogP contribution in [0.1, 0.15) is 61.0 Å². The van der Waals surface area contributed by atoms with Gasteiger partial charge in [0, 0.05) is 4.83 Å². The molecule has 1 aliphatic rings. The van der Waals surface area contributed by atoms with Gasteiger partial charge >= 0.3 is 0 Å². The second kappa shape index (κ2) is 5.36. The van der Waals surface area contributed by atoms with Crippen molar-refractivity contribution in [1.82, 2.24) is 0 Å². The molecule has 0 bridgehead atoms. The van der Waals surface area contributed by atoms with Crippen molar-refractivity contribution in [3.8, 4) is 0 Å². The average molecular weight is 309 g/mol. The number of hydrogen-bond acceptors (Lipinski definition) is 0. The SMILES string of the molecule is Cc1ccc(C(Br)C2CCCCC2(C)C)cc1C. The van der Waals surface area contributed by atoms with Crippen molar-refractivity contribution >= 4 is 15.9 Å². The molecule has 0 N–H and O–H groups in total. The molecule has 0 amide bonds. The molecule has 0 heterocycles. The second-order valence-electron chi connectivity index (χ2n) is 6.59. The minimum absolute atomic E-state index is 0.463. The molecule has 2 unspecified atom stereocenters. The summed E-state index contributed by atoms with van der Waals surface area (Å²) < 4.78 is 0. The van der Waals surface area contributed by atoms with Crippen LogP contribution in [-0.2, 0) is 0 Å². The van der Waals surface area contributed by atoms with Gasteiger partial charge in [0.25, 0.3) is 0 Å². The highest BCUT2D eigenvalue weighted by Crippen LogP contribution is 2.50. The summed E-state index contributed by atoms with van der Waals surface area (Å²) in [5.41, 5.74) is 4.72. The number of alkyl halides is 1. The fourth-order valence-electron chi connectivity index (χ4n) is 3.23. The Morgan fingerprint density at radius 1 is 1.17 bits per heavy atom. The Bertz CT molecular complexity index is 420. The number of rotatable bonds is 2. The van der Waals surface area contributed by atoms with Crippen molar-refractivity contribution < 1.29 is 0 Å². The van der Waals surface area contributed by atoms with E-state index >= 15 is 0 Å². The molecule has 1 aliphatic carbocycles. The number of benzene rings is 1. The molecule has 2 atom stereocenters. The van der Waals surface area contributed by atoms with Crippen LogP contribution >= 0.6 is 15.9 Å². The van der Waals surface area contributed by atoms with Crippen LogP contribution in [0.2, 0.25) is 0 Å². The topological polar surface area (TPSA) is 0 Å². The molecule has 1 saturated carbocycles. The molecule has 100 valence electrons. The van der Waals surface area contributed by atoms with E-state index in [-0.39, 0.29) is 0 Å². The Morgan fingerprint density at radius 2 is 1.89 bits per heavy atom. The molecule has 0 aromatic heterocycles. The smallest absolute Gasteiger partial charge is 0.0428 e. The van der Waals surface area contributed by atoms with Crippen molar-refractivity contribution in [1.29, 1.82) is 0 Å². The summed E-state index contributed by atoms with van der Waals surface area (Å²) in [7, 11) is 0. The normalized spacial score (nSPS) is 24.8. The van der Waals surface area contributed by atoms with Crippen LogP contribution in [0.15, 0.2) is 18.2 Å². The van der Waals surface area contributed by atoms with E-state index in [1.165, 1.54) is 42.4 Å². The molecule has 2 rings (SSSR count). The van der Waals surface area contributed by atoms with Gasteiger partial charge < -0.3 is 0 Å². The van der Waals surface area contributed by atoms with Crippen LogP contribution < -0.4 is 0 Å². The monoisotopic (exact) mass is 308 g/mol. The quantitative estimate of drug-likeness (QED) is 0.592. The zero-order valence-corrected chi connectivity index (χ0v) is 13.7. The third kappa shape index (κ3) is 2.82. The summed E-state index contributed by atoms with van der Waals surface area (Å²) in [6.07, 6.45) is 5.51. The maximum absolute atomic E-state index is 3.98. The van der Waals surface area contributed by atoms with Gasteiger partial charge in [-0.1, -0.05) is 60.8 Å². The first kappa shape index (κ1) is 14.1. The minimum Gasteiger partial charge on any atom is -0.0836 e. The maximum atomic E-state index is 3.98. The van der Waals surface area contributed by atoms with Gasteiger partial charge in [0.2, 0.25) is 0 Å². The fourth-order valence-corrected chi connectivity index (χ4v) is 4.50. The lowest BCUT2D eigenvalue weighted by molar-refractivity contribution is 0.136. The third-order valence-corrected chi connectivity index (χ3v) is 5.96. The molecule has 1 heteroatoms. The Hall–Kier alpha value is -0.300. The van der Waals surface area contributed by atoms with E-state index in [2.05, 4.69) is 61.8 Å². The lowest BCUT2D eigenvalue weighted by Gasteiger charge is -2.41. The van der Waals surface area contributed by atoms with E-state index < -0.39 is 0 Å². The first-order valence-corrected chi connectivity index (χ1v) is 8.04. The van der Waals surface area contributed by atoms with Crippen LogP contribution in [0.5, 0.6) is 0 Å². The summed E-state index contributed by atoms with van der Waals surface area (Å²) in [4.78, 5) is 0.507. The minimum atomic E-state index is 0.463. The summed E-state index contributed by atoms with van der Waals surface area (Å²) in [6, 6.07) is 6.92. The Kier molecular flexibility index (Phi) is 4.21. The number of halogens is 1. The fraction of sp³-hybridized carbons (Fsp3) is 0.647. The van der Waals surface area contributed by atoms with Gasteiger partial charge in [-0.25, -0.2) is 0 Å². The highest BCUT2D eigenvalue weighted by molar-refractivity contribution is 9.09. The van der Waals surface area contributed by atoms with Gasteiger partial charge in [0.05, 0.1) is 0 Å². The van der Waals surface area contributed by atoms with Gasteiger partial charge in [-0.15, -0.1) is 0 Å². The zero-order chi connectivity index (χ0) is 13.3. The summed E-state index contributed by atoms with van der Waals surface area (Å²) in [6.45, 7) is 9.27.